The number of ether oxygens (including phenoxy) is 4. The molecule has 0 bridgehead atoms. The fraction of sp³-hybridized carbons (Fsp3) is 0.282. The molecule has 1 saturated heterocycles. The third-order valence-electron chi connectivity index (χ3n) is 7.93. The maximum absolute atomic E-state index is 6.56. The highest BCUT2D eigenvalue weighted by Gasteiger charge is 2.36. The lowest BCUT2D eigenvalue weighted by molar-refractivity contribution is -0.0650. The predicted octanol–water partition coefficient (Wildman–Crippen LogP) is 7.82. The second-order valence-corrected chi connectivity index (χ2v) is 11.1. The molecule has 1 aliphatic heterocycles. The number of hydrogen-bond acceptors (Lipinski definition) is 5. The van der Waals surface area contributed by atoms with Gasteiger partial charge in [0.25, 0.3) is 0 Å². The Balaban J connectivity index is 1.20. The summed E-state index contributed by atoms with van der Waals surface area (Å²) in [7, 11) is 0. The molecule has 1 N–H and O–H groups in total. The van der Waals surface area contributed by atoms with Crippen molar-refractivity contribution in [3.63, 3.8) is 0 Å². The third-order valence-corrected chi connectivity index (χ3v) is 7.93. The van der Waals surface area contributed by atoms with Crippen molar-refractivity contribution >= 4 is 12.2 Å². The monoisotopic (exact) mass is 589 g/mol. The van der Waals surface area contributed by atoms with Gasteiger partial charge in [0, 0.05) is 25.4 Å². The van der Waals surface area contributed by atoms with E-state index < -0.39 is 0 Å². The molecule has 44 heavy (non-hydrogen) atoms. The van der Waals surface area contributed by atoms with Crippen molar-refractivity contribution < 1.29 is 18.9 Å². The first-order valence-electron chi connectivity index (χ1n) is 15.4. The molecule has 4 aromatic rings. The van der Waals surface area contributed by atoms with E-state index in [-0.39, 0.29) is 18.1 Å². The van der Waals surface area contributed by atoms with Gasteiger partial charge >= 0.3 is 0 Å². The second kappa shape index (κ2) is 16.7. The quantitative estimate of drug-likeness (QED) is 0.135. The van der Waals surface area contributed by atoms with Crippen LogP contribution >= 0.6 is 0 Å². The van der Waals surface area contributed by atoms with Gasteiger partial charge in [0.2, 0.25) is 0 Å². The van der Waals surface area contributed by atoms with Crippen LogP contribution in [0.1, 0.15) is 45.7 Å². The van der Waals surface area contributed by atoms with Crippen LogP contribution in [0.3, 0.4) is 0 Å². The molecule has 1 fully saturated rings. The summed E-state index contributed by atoms with van der Waals surface area (Å²) in [5.74, 6) is 0.918. The lowest BCUT2D eigenvalue weighted by Gasteiger charge is -2.39. The average molecular weight is 590 g/mol. The van der Waals surface area contributed by atoms with Crippen LogP contribution in [-0.4, -0.2) is 38.5 Å². The van der Waals surface area contributed by atoms with E-state index in [2.05, 4.69) is 103 Å². The SMILES string of the molecule is C=Cc1ccc(CO[C@H]2CNC[C@@H](OCc3ccc(C=C)cc3)C2c2ccc(OCCCOCc3ccccc3)cc2)cc1. The van der Waals surface area contributed by atoms with Crippen LogP contribution < -0.4 is 10.1 Å². The zero-order valence-electron chi connectivity index (χ0n) is 25.4. The zero-order valence-corrected chi connectivity index (χ0v) is 25.4. The van der Waals surface area contributed by atoms with Gasteiger partial charge in [-0.2, -0.15) is 0 Å². The molecule has 5 rings (SSSR count). The molecular weight excluding hydrogens is 546 g/mol. The molecule has 4 aromatic carbocycles. The van der Waals surface area contributed by atoms with Gasteiger partial charge in [0.1, 0.15) is 5.75 Å². The van der Waals surface area contributed by atoms with Crippen molar-refractivity contribution in [1.29, 1.82) is 0 Å². The summed E-state index contributed by atoms with van der Waals surface area (Å²) in [6.45, 7) is 12.2. The molecule has 1 unspecified atom stereocenters. The Labute approximate surface area is 262 Å². The molecule has 1 aliphatic rings. The van der Waals surface area contributed by atoms with Gasteiger partial charge in [-0.15, -0.1) is 0 Å². The molecular formula is C39H43NO4. The highest BCUT2D eigenvalue weighted by Crippen LogP contribution is 2.32. The third kappa shape index (κ3) is 9.25. The minimum absolute atomic E-state index is 0.0514. The highest BCUT2D eigenvalue weighted by atomic mass is 16.5. The molecule has 5 heteroatoms. The topological polar surface area (TPSA) is 49.0 Å². The van der Waals surface area contributed by atoms with E-state index in [1.165, 1.54) is 11.1 Å². The molecule has 3 atom stereocenters. The fourth-order valence-electron chi connectivity index (χ4n) is 5.42. The van der Waals surface area contributed by atoms with Crippen molar-refractivity contribution in [3.05, 3.63) is 150 Å². The maximum Gasteiger partial charge on any atom is 0.119 e. The summed E-state index contributed by atoms with van der Waals surface area (Å²) in [6.07, 6.45) is 4.43. The smallest absolute Gasteiger partial charge is 0.119 e. The van der Waals surface area contributed by atoms with Gasteiger partial charge in [-0.25, -0.2) is 0 Å². The summed E-state index contributed by atoms with van der Waals surface area (Å²) >= 11 is 0. The van der Waals surface area contributed by atoms with Gasteiger partial charge in [0.15, 0.2) is 0 Å². The molecule has 0 amide bonds. The minimum Gasteiger partial charge on any atom is -0.494 e. The first-order valence-corrected chi connectivity index (χ1v) is 15.4. The Kier molecular flexibility index (Phi) is 12.0. The first kappa shape index (κ1) is 31.4. The minimum atomic E-state index is -0.0514. The maximum atomic E-state index is 6.56. The Hall–Kier alpha value is -4.00. The van der Waals surface area contributed by atoms with Gasteiger partial charge in [0.05, 0.1) is 45.2 Å². The number of benzene rings is 4. The number of hydrogen-bond donors (Lipinski definition) is 1. The summed E-state index contributed by atoms with van der Waals surface area (Å²) in [5, 5.41) is 3.55. The first-order chi connectivity index (χ1) is 21.7. The summed E-state index contributed by atoms with van der Waals surface area (Å²) in [4.78, 5) is 0. The predicted molar refractivity (Wildman–Crippen MR) is 178 cm³/mol. The van der Waals surface area contributed by atoms with Crippen molar-refractivity contribution in [2.75, 3.05) is 26.3 Å². The van der Waals surface area contributed by atoms with Gasteiger partial charge in [-0.3, -0.25) is 0 Å². The highest BCUT2D eigenvalue weighted by molar-refractivity contribution is 5.47. The van der Waals surface area contributed by atoms with Crippen LogP contribution in [0.4, 0.5) is 0 Å². The molecule has 228 valence electrons. The number of rotatable bonds is 16. The Bertz CT molecular complexity index is 1350. The fourth-order valence-corrected chi connectivity index (χ4v) is 5.42. The van der Waals surface area contributed by atoms with E-state index in [0.29, 0.717) is 33.0 Å². The summed E-state index contributed by atoms with van der Waals surface area (Å²) in [5.41, 5.74) is 6.84. The van der Waals surface area contributed by atoms with Gasteiger partial charge in [-0.05, 0) is 45.5 Å². The Morgan fingerprint density at radius 2 is 1.16 bits per heavy atom. The lowest BCUT2D eigenvalue weighted by Crippen LogP contribution is -2.50. The number of nitrogens with one attached hydrogen (secondary N) is 1. The van der Waals surface area contributed by atoms with Crippen molar-refractivity contribution in [3.8, 4) is 5.75 Å². The molecule has 0 aromatic heterocycles. The molecule has 0 radical (unpaired) electrons. The van der Waals surface area contributed by atoms with Gasteiger partial charge < -0.3 is 24.3 Å². The molecule has 0 saturated carbocycles. The Morgan fingerprint density at radius 3 is 1.70 bits per heavy atom. The van der Waals surface area contributed by atoms with Crippen LogP contribution in [-0.2, 0) is 34.0 Å². The normalized spacial score (nSPS) is 18.0. The summed E-state index contributed by atoms with van der Waals surface area (Å²) < 4.78 is 24.9. The van der Waals surface area contributed by atoms with Crippen LogP contribution in [0.5, 0.6) is 5.75 Å². The summed E-state index contributed by atoms with van der Waals surface area (Å²) in [6, 6.07) is 35.3. The van der Waals surface area contributed by atoms with E-state index in [1.54, 1.807) is 0 Å². The van der Waals surface area contributed by atoms with Crippen molar-refractivity contribution in [1.82, 2.24) is 5.32 Å². The van der Waals surface area contributed by atoms with Crippen LogP contribution in [0.25, 0.3) is 12.2 Å². The lowest BCUT2D eigenvalue weighted by atomic mass is 9.85. The molecule has 0 aliphatic carbocycles. The molecule has 0 spiro atoms. The molecule has 1 heterocycles. The van der Waals surface area contributed by atoms with Crippen LogP contribution in [0.15, 0.2) is 116 Å². The van der Waals surface area contributed by atoms with E-state index in [4.69, 9.17) is 18.9 Å². The van der Waals surface area contributed by atoms with E-state index in [9.17, 15) is 0 Å². The largest absolute Gasteiger partial charge is 0.494 e. The van der Waals surface area contributed by atoms with E-state index in [0.717, 1.165) is 47.5 Å². The van der Waals surface area contributed by atoms with Crippen LogP contribution in [0.2, 0.25) is 0 Å². The average Bonchev–Trinajstić information content (AvgIpc) is 3.09. The molecule has 5 nitrogen and oxygen atoms in total. The van der Waals surface area contributed by atoms with Crippen molar-refractivity contribution in [2.45, 2.75) is 44.4 Å². The van der Waals surface area contributed by atoms with Crippen molar-refractivity contribution in [2.24, 2.45) is 0 Å². The van der Waals surface area contributed by atoms with Gasteiger partial charge in [-0.1, -0.05) is 116 Å². The standard InChI is InChI=1S/C39H43NO4/c1-3-30-11-15-33(16-12-30)28-43-37-25-40-26-38(44-29-34-17-13-31(4-2)14-18-34)39(37)35-19-21-36(22-20-35)42-24-8-23-41-27-32-9-6-5-7-10-32/h3-7,9-22,37-40H,1-2,8,23-29H2/t37-,38+,39?. The number of piperidine rings is 1. The van der Waals surface area contributed by atoms with E-state index >= 15 is 0 Å². The second-order valence-electron chi connectivity index (χ2n) is 11.1. The van der Waals surface area contributed by atoms with E-state index in [1.807, 2.05) is 30.4 Å². The van der Waals surface area contributed by atoms with Crippen LogP contribution in [0, 0.1) is 0 Å². The Morgan fingerprint density at radius 1 is 0.614 bits per heavy atom. The zero-order chi connectivity index (χ0) is 30.4.